The number of hydrogen-bond acceptors (Lipinski definition) is 13. The van der Waals surface area contributed by atoms with Gasteiger partial charge in [-0.2, -0.15) is 0 Å². The SMILES string of the molecule is O=C1CCC(N2C(=O)c3ccc(N4CCC(C(=O)NCCCCCCCCCC(=O)N5CCN(c6ccc(-c7ncc(NCc8ccco8)n8cnnc78)cc6)CC5)CC4)cc3C2=O)C(=O)N1. The number of unbranched alkanes of at least 4 members (excludes halogenated alkanes) is 6. The number of furan rings is 1. The minimum Gasteiger partial charge on any atom is -0.467 e. The summed E-state index contributed by atoms with van der Waals surface area (Å²) in [5, 5.41) is 17.1. The first-order valence-corrected chi connectivity index (χ1v) is 23.7. The number of fused-ring (bicyclic) bond motifs is 2. The molecule has 4 aliphatic rings. The fraction of sp³-hybridized carbons (Fsp3) is 0.449. The van der Waals surface area contributed by atoms with E-state index < -0.39 is 29.7 Å². The van der Waals surface area contributed by atoms with E-state index in [-0.39, 0.29) is 41.7 Å². The highest BCUT2D eigenvalue weighted by Gasteiger charge is 2.45. The van der Waals surface area contributed by atoms with E-state index >= 15 is 0 Å². The van der Waals surface area contributed by atoms with Crippen molar-refractivity contribution in [3.8, 4) is 11.3 Å². The number of nitrogens with zero attached hydrogens (tertiary/aromatic N) is 8. The van der Waals surface area contributed by atoms with Crippen molar-refractivity contribution < 1.29 is 33.2 Å². The standard InChI is InChI=1S/C49H57N11O7/c61-42-18-17-40(47(64)54-42)60-48(65)38-16-15-36(29-39(38)49(60)66)56-22-19-34(20-23-56)46(63)50-21-7-5-3-1-2-4-6-10-43(62)58-26-24-57(25-27-58)35-13-11-33(12-14-35)44-45-55-53-32-59(45)41(31-52-44)51-30-37-9-8-28-67-37/h8-9,11-16,28-29,31-32,34,40,51H,1-7,10,17-27,30H2,(H,50,63)(H,54,61,64). The molecule has 3 saturated heterocycles. The Labute approximate surface area is 388 Å². The average molecular weight is 912 g/mol. The van der Waals surface area contributed by atoms with Gasteiger partial charge in [-0.3, -0.25) is 43.4 Å². The molecule has 5 aromatic rings. The molecular weight excluding hydrogens is 855 g/mol. The molecule has 2 aromatic carbocycles. The molecule has 18 nitrogen and oxygen atoms in total. The minimum absolute atomic E-state index is 0.0735. The first-order valence-electron chi connectivity index (χ1n) is 23.7. The normalized spacial score (nSPS) is 17.9. The topological polar surface area (TPSA) is 208 Å². The predicted molar refractivity (Wildman–Crippen MR) is 249 cm³/mol. The second-order valence-electron chi connectivity index (χ2n) is 17.8. The van der Waals surface area contributed by atoms with E-state index in [9.17, 15) is 28.8 Å². The van der Waals surface area contributed by atoms with E-state index in [2.05, 4.69) is 60.2 Å². The summed E-state index contributed by atoms with van der Waals surface area (Å²) in [5.74, 6) is -0.256. The van der Waals surface area contributed by atoms with Gasteiger partial charge in [0.25, 0.3) is 11.8 Å². The number of aromatic nitrogens is 4. The largest absolute Gasteiger partial charge is 0.467 e. The fourth-order valence-electron chi connectivity index (χ4n) is 9.64. The van der Waals surface area contributed by atoms with Crippen molar-refractivity contribution >= 4 is 58.3 Å². The zero-order valence-corrected chi connectivity index (χ0v) is 37.7. The first-order chi connectivity index (χ1) is 32.7. The van der Waals surface area contributed by atoms with E-state index in [4.69, 9.17) is 9.40 Å². The van der Waals surface area contributed by atoms with Crippen LogP contribution in [0.4, 0.5) is 17.2 Å². The summed E-state index contributed by atoms with van der Waals surface area (Å²) in [4.78, 5) is 88.5. The maximum absolute atomic E-state index is 13.3. The lowest BCUT2D eigenvalue weighted by Crippen LogP contribution is -2.54. The fourth-order valence-corrected chi connectivity index (χ4v) is 9.64. The summed E-state index contributed by atoms with van der Waals surface area (Å²) in [6.45, 7) is 5.46. The molecule has 3 fully saturated rings. The summed E-state index contributed by atoms with van der Waals surface area (Å²) < 4.78 is 7.32. The van der Waals surface area contributed by atoms with Crippen molar-refractivity contribution in [2.75, 3.05) is 60.9 Å². The lowest BCUT2D eigenvalue weighted by atomic mass is 9.95. The molecule has 0 spiro atoms. The zero-order chi connectivity index (χ0) is 46.3. The molecule has 3 N–H and O–H groups in total. The average Bonchev–Trinajstić information content (AvgIpc) is 4.12. The molecule has 0 radical (unpaired) electrons. The van der Waals surface area contributed by atoms with Crippen LogP contribution in [0.1, 0.15) is 104 Å². The Morgan fingerprint density at radius 2 is 1.49 bits per heavy atom. The van der Waals surface area contributed by atoms with Gasteiger partial charge < -0.3 is 29.8 Å². The maximum Gasteiger partial charge on any atom is 0.262 e. The molecule has 0 aliphatic carbocycles. The quantitative estimate of drug-likeness (QED) is 0.0765. The van der Waals surface area contributed by atoms with Crippen LogP contribution >= 0.6 is 0 Å². The molecule has 350 valence electrons. The zero-order valence-electron chi connectivity index (χ0n) is 37.7. The summed E-state index contributed by atoms with van der Waals surface area (Å²) >= 11 is 0. The number of hydrogen-bond donors (Lipinski definition) is 3. The molecule has 9 rings (SSSR count). The lowest BCUT2D eigenvalue weighted by Gasteiger charge is -2.36. The first kappa shape index (κ1) is 45.1. The number of piperidine rings is 2. The van der Waals surface area contributed by atoms with Gasteiger partial charge >= 0.3 is 0 Å². The van der Waals surface area contributed by atoms with Crippen molar-refractivity contribution in [1.29, 1.82) is 0 Å². The van der Waals surface area contributed by atoms with Gasteiger partial charge in [-0.15, -0.1) is 10.2 Å². The number of imide groups is 2. The van der Waals surface area contributed by atoms with Crippen LogP contribution in [0, 0.1) is 5.92 Å². The number of carbonyl (C=O) groups is 6. The monoisotopic (exact) mass is 911 g/mol. The van der Waals surface area contributed by atoms with Crippen LogP contribution in [-0.4, -0.2) is 117 Å². The Morgan fingerprint density at radius 1 is 0.776 bits per heavy atom. The number of piperazine rings is 1. The highest BCUT2D eigenvalue weighted by Crippen LogP contribution is 2.33. The van der Waals surface area contributed by atoms with Gasteiger partial charge in [0.15, 0.2) is 5.65 Å². The van der Waals surface area contributed by atoms with E-state index in [1.165, 1.54) is 0 Å². The Balaban J connectivity index is 0.610. The maximum atomic E-state index is 13.3. The van der Waals surface area contributed by atoms with E-state index in [0.29, 0.717) is 64.2 Å². The number of rotatable bonds is 18. The molecule has 3 aromatic heterocycles. The molecule has 0 bridgehead atoms. The Hall–Kier alpha value is -7.11. The third-order valence-corrected chi connectivity index (χ3v) is 13.5. The molecule has 67 heavy (non-hydrogen) atoms. The Morgan fingerprint density at radius 3 is 2.24 bits per heavy atom. The van der Waals surface area contributed by atoms with E-state index in [0.717, 1.165) is 97.1 Å². The highest BCUT2D eigenvalue weighted by atomic mass is 16.3. The van der Waals surface area contributed by atoms with Crippen molar-refractivity contribution in [1.82, 2.24) is 40.0 Å². The molecule has 1 atom stereocenters. The van der Waals surface area contributed by atoms with Gasteiger partial charge in [0.05, 0.1) is 30.1 Å². The number of benzene rings is 2. The number of carbonyl (C=O) groups excluding carboxylic acids is 6. The summed E-state index contributed by atoms with van der Waals surface area (Å²) in [6, 6.07) is 16.2. The van der Waals surface area contributed by atoms with Gasteiger partial charge in [0, 0.05) is 81.5 Å². The van der Waals surface area contributed by atoms with E-state index in [1.54, 1.807) is 30.9 Å². The van der Waals surface area contributed by atoms with Gasteiger partial charge in [-0.05, 0) is 74.6 Å². The summed E-state index contributed by atoms with van der Waals surface area (Å²) in [7, 11) is 0. The Bertz CT molecular complexity index is 2600. The molecule has 6 amide bonds. The lowest BCUT2D eigenvalue weighted by molar-refractivity contribution is -0.136. The van der Waals surface area contributed by atoms with Gasteiger partial charge in [-0.25, -0.2) is 4.98 Å². The van der Waals surface area contributed by atoms with Crippen LogP contribution in [0.2, 0.25) is 0 Å². The van der Waals surface area contributed by atoms with E-state index in [1.807, 2.05) is 27.5 Å². The third kappa shape index (κ3) is 10.2. The smallest absolute Gasteiger partial charge is 0.262 e. The third-order valence-electron chi connectivity index (χ3n) is 13.5. The van der Waals surface area contributed by atoms with Crippen molar-refractivity contribution in [3.63, 3.8) is 0 Å². The van der Waals surface area contributed by atoms with Gasteiger partial charge in [0.1, 0.15) is 29.6 Å². The number of nitrogens with one attached hydrogen (secondary N) is 3. The number of amides is 6. The molecule has 7 heterocycles. The van der Waals surface area contributed by atoms with Crippen LogP contribution < -0.4 is 25.8 Å². The van der Waals surface area contributed by atoms with Crippen LogP contribution in [0.25, 0.3) is 16.9 Å². The molecule has 4 aliphatic heterocycles. The summed E-state index contributed by atoms with van der Waals surface area (Å²) in [5.41, 5.74) is 4.79. The second kappa shape index (κ2) is 20.6. The minimum atomic E-state index is -0.998. The Kier molecular flexibility index (Phi) is 13.9. The van der Waals surface area contributed by atoms with Crippen molar-refractivity contribution in [3.05, 3.63) is 90.3 Å². The van der Waals surface area contributed by atoms with Gasteiger partial charge in [0.2, 0.25) is 23.6 Å². The van der Waals surface area contributed by atoms with Crippen LogP contribution in [0.15, 0.2) is 77.8 Å². The van der Waals surface area contributed by atoms with Crippen molar-refractivity contribution in [2.45, 2.75) is 89.6 Å². The second-order valence-corrected chi connectivity index (χ2v) is 17.8. The highest BCUT2D eigenvalue weighted by molar-refractivity contribution is 6.23. The van der Waals surface area contributed by atoms with Gasteiger partial charge in [-0.1, -0.05) is 44.2 Å². The van der Waals surface area contributed by atoms with Crippen LogP contribution in [0.3, 0.4) is 0 Å². The van der Waals surface area contributed by atoms with Crippen LogP contribution in [0.5, 0.6) is 0 Å². The molecular formula is C49H57N11O7. The summed E-state index contributed by atoms with van der Waals surface area (Å²) in [6.07, 6.45) is 14.5. The van der Waals surface area contributed by atoms with Crippen LogP contribution in [-0.2, 0) is 25.7 Å². The molecule has 1 unspecified atom stereocenters. The molecule has 0 saturated carbocycles. The van der Waals surface area contributed by atoms with Crippen molar-refractivity contribution in [2.24, 2.45) is 5.92 Å². The predicted octanol–water partition coefficient (Wildman–Crippen LogP) is 5.20. The number of anilines is 3. The molecule has 18 heteroatoms.